The summed E-state index contributed by atoms with van der Waals surface area (Å²) in [4.78, 5) is 27.4. The molecule has 0 aliphatic carbocycles. The molecule has 6 heteroatoms. The highest BCUT2D eigenvalue weighted by atomic mass is 16.5. The molecular formula is C16H22N2O4. The number of amides is 1. The van der Waals surface area contributed by atoms with Gasteiger partial charge in [0.15, 0.2) is 0 Å². The van der Waals surface area contributed by atoms with Gasteiger partial charge in [-0.05, 0) is 18.4 Å². The second kappa shape index (κ2) is 4.84. The van der Waals surface area contributed by atoms with Gasteiger partial charge in [0.1, 0.15) is 0 Å². The van der Waals surface area contributed by atoms with Crippen LogP contribution in [0.1, 0.15) is 50.4 Å². The lowest BCUT2D eigenvalue weighted by molar-refractivity contribution is -0.0758. The molecule has 1 aromatic rings. The first-order valence-corrected chi connectivity index (χ1v) is 7.62. The molecule has 3 rings (SSSR count). The fourth-order valence-electron chi connectivity index (χ4n) is 3.55. The lowest BCUT2D eigenvalue weighted by Gasteiger charge is -2.40. The van der Waals surface area contributed by atoms with Crippen LogP contribution in [-0.4, -0.2) is 34.2 Å². The molecule has 0 saturated carbocycles. The van der Waals surface area contributed by atoms with E-state index in [0.29, 0.717) is 32.5 Å². The largest absolute Gasteiger partial charge is 0.465 e. The summed E-state index contributed by atoms with van der Waals surface area (Å²) in [5.74, 6) is 0. The third-order valence-electron chi connectivity index (χ3n) is 4.68. The predicted octanol–water partition coefficient (Wildman–Crippen LogP) is 2.17. The van der Waals surface area contributed by atoms with Crippen molar-refractivity contribution in [1.82, 2.24) is 9.88 Å². The average Bonchev–Trinajstić information content (AvgIpc) is 2.76. The van der Waals surface area contributed by atoms with Crippen molar-refractivity contribution < 1.29 is 14.6 Å². The quantitative estimate of drug-likeness (QED) is 0.769. The average molecular weight is 306 g/mol. The molecule has 1 fully saturated rings. The normalized spacial score (nSPS) is 20.2. The number of carbonyl (C=O) groups is 1. The van der Waals surface area contributed by atoms with Gasteiger partial charge in [0.05, 0.1) is 12.2 Å². The Kier molecular flexibility index (Phi) is 3.32. The third kappa shape index (κ3) is 2.31. The number of nitrogens with zero attached hydrogens (tertiary/aromatic N) is 1. The van der Waals surface area contributed by atoms with Crippen molar-refractivity contribution in [2.45, 2.75) is 51.2 Å². The number of piperidine rings is 1. The van der Waals surface area contributed by atoms with Crippen molar-refractivity contribution in [1.29, 1.82) is 0 Å². The van der Waals surface area contributed by atoms with Crippen molar-refractivity contribution in [3.05, 3.63) is 33.2 Å². The van der Waals surface area contributed by atoms with Gasteiger partial charge in [-0.25, -0.2) is 4.79 Å². The number of hydrogen-bond acceptors (Lipinski definition) is 3. The molecule has 2 N–H and O–H groups in total. The molecule has 22 heavy (non-hydrogen) atoms. The standard InChI is InChI=1S/C16H22N2O4/c1-15(2,3)13-12-10(8-11(19)17-13)9-22-16(12)4-6-18(7-5-16)14(20)21/h8H,4-7,9H2,1-3H3,(H,17,19)(H,20,21). The van der Waals surface area contributed by atoms with E-state index in [1.807, 2.05) is 0 Å². The molecule has 0 unspecified atom stereocenters. The van der Waals surface area contributed by atoms with Gasteiger partial charge in [-0.15, -0.1) is 0 Å². The van der Waals surface area contributed by atoms with E-state index in [1.54, 1.807) is 6.07 Å². The number of carboxylic acid groups (broad SMARTS) is 1. The minimum atomic E-state index is -0.884. The molecule has 1 amide bonds. The number of ether oxygens (including phenoxy) is 1. The van der Waals surface area contributed by atoms with Gasteiger partial charge < -0.3 is 19.7 Å². The van der Waals surface area contributed by atoms with Crippen LogP contribution in [0.4, 0.5) is 4.79 Å². The molecular weight excluding hydrogens is 284 g/mol. The fourth-order valence-corrected chi connectivity index (χ4v) is 3.55. The summed E-state index contributed by atoms with van der Waals surface area (Å²) in [5, 5.41) is 9.12. The Morgan fingerprint density at radius 2 is 2.00 bits per heavy atom. The van der Waals surface area contributed by atoms with Crippen LogP contribution in [0.2, 0.25) is 0 Å². The number of aromatic nitrogens is 1. The van der Waals surface area contributed by atoms with E-state index < -0.39 is 11.7 Å². The zero-order valence-electron chi connectivity index (χ0n) is 13.2. The van der Waals surface area contributed by atoms with Crippen LogP contribution in [0.5, 0.6) is 0 Å². The highest BCUT2D eigenvalue weighted by molar-refractivity contribution is 5.65. The van der Waals surface area contributed by atoms with Crippen LogP contribution >= 0.6 is 0 Å². The topological polar surface area (TPSA) is 82.6 Å². The first kappa shape index (κ1) is 15.1. The maximum atomic E-state index is 11.9. The highest BCUT2D eigenvalue weighted by Crippen LogP contribution is 2.47. The number of pyridine rings is 1. The molecule has 2 aliphatic heterocycles. The molecule has 3 heterocycles. The van der Waals surface area contributed by atoms with Gasteiger partial charge >= 0.3 is 6.09 Å². The van der Waals surface area contributed by atoms with Crippen LogP contribution in [-0.2, 0) is 22.4 Å². The Bertz CT molecular complexity index is 664. The van der Waals surface area contributed by atoms with Crippen molar-refractivity contribution in [2.75, 3.05) is 13.1 Å². The van der Waals surface area contributed by atoms with Crippen molar-refractivity contribution >= 4 is 6.09 Å². The van der Waals surface area contributed by atoms with Crippen LogP contribution in [0, 0.1) is 0 Å². The first-order chi connectivity index (χ1) is 10.2. The number of hydrogen-bond donors (Lipinski definition) is 2. The summed E-state index contributed by atoms with van der Waals surface area (Å²) >= 11 is 0. The molecule has 120 valence electrons. The summed E-state index contributed by atoms with van der Waals surface area (Å²) in [6, 6.07) is 1.61. The van der Waals surface area contributed by atoms with E-state index in [4.69, 9.17) is 9.84 Å². The number of nitrogens with one attached hydrogen (secondary N) is 1. The van der Waals surface area contributed by atoms with E-state index in [-0.39, 0.29) is 11.0 Å². The number of fused-ring (bicyclic) bond motifs is 2. The second-order valence-corrected chi connectivity index (χ2v) is 7.21. The predicted molar refractivity (Wildman–Crippen MR) is 81.1 cm³/mol. The number of H-pyrrole nitrogens is 1. The molecule has 2 aliphatic rings. The molecule has 0 atom stereocenters. The summed E-state index contributed by atoms with van der Waals surface area (Å²) in [7, 11) is 0. The van der Waals surface area contributed by atoms with Crippen LogP contribution in [0.25, 0.3) is 0 Å². The number of likely N-dealkylation sites (tertiary alicyclic amines) is 1. The van der Waals surface area contributed by atoms with E-state index >= 15 is 0 Å². The third-order valence-corrected chi connectivity index (χ3v) is 4.68. The van der Waals surface area contributed by atoms with Gasteiger partial charge in [0.25, 0.3) is 0 Å². The van der Waals surface area contributed by atoms with Gasteiger partial charge in [0, 0.05) is 35.8 Å². The molecule has 0 radical (unpaired) electrons. The van der Waals surface area contributed by atoms with Gasteiger partial charge in [-0.3, -0.25) is 4.79 Å². The summed E-state index contributed by atoms with van der Waals surface area (Å²) < 4.78 is 6.09. The zero-order valence-corrected chi connectivity index (χ0v) is 13.2. The lowest BCUT2D eigenvalue weighted by atomic mass is 9.77. The Labute approximate surface area is 129 Å². The second-order valence-electron chi connectivity index (χ2n) is 7.21. The van der Waals surface area contributed by atoms with Crippen LogP contribution < -0.4 is 5.56 Å². The van der Waals surface area contributed by atoms with Gasteiger partial charge in [-0.2, -0.15) is 0 Å². The zero-order chi connectivity index (χ0) is 16.1. The Balaban J connectivity index is 2.05. The van der Waals surface area contributed by atoms with Crippen LogP contribution in [0.15, 0.2) is 10.9 Å². The Morgan fingerprint density at radius 1 is 1.36 bits per heavy atom. The smallest absolute Gasteiger partial charge is 0.407 e. The molecule has 1 saturated heterocycles. The molecule has 0 bridgehead atoms. The monoisotopic (exact) mass is 306 g/mol. The van der Waals surface area contributed by atoms with Gasteiger partial charge in [-0.1, -0.05) is 20.8 Å². The molecule has 1 aromatic heterocycles. The van der Waals surface area contributed by atoms with Gasteiger partial charge in [0.2, 0.25) is 5.56 Å². The maximum Gasteiger partial charge on any atom is 0.407 e. The summed E-state index contributed by atoms with van der Waals surface area (Å²) in [6.07, 6.45) is 0.369. The minimum Gasteiger partial charge on any atom is -0.465 e. The van der Waals surface area contributed by atoms with E-state index in [1.165, 1.54) is 4.90 Å². The fraction of sp³-hybridized carbons (Fsp3) is 0.625. The lowest BCUT2D eigenvalue weighted by Crippen LogP contribution is -2.45. The number of aromatic amines is 1. The number of rotatable bonds is 0. The summed E-state index contributed by atoms with van der Waals surface area (Å²) in [6.45, 7) is 7.54. The molecule has 1 spiro atoms. The molecule has 6 nitrogen and oxygen atoms in total. The first-order valence-electron chi connectivity index (χ1n) is 7.62. The van der Waals surface area contributed by atoms with E-state index in [0.717, 1.165) is 16.8 Å². The van der Waals surface area contributed by atoms with Crippen molar-refractivity contribution in [3.8, 4) is 0 Å². The van der Waals surface area contributed by atoms with Crippen molar-refractivity contribution in [2.24, 2.45) is 0 Å². The van der Waals surface area contributed by atoms with Crippen molar-refractivity contribution in [3.63, 3.8) is 0 Å². The highest BCUT2D eigenvalue weighted by Gasteiger charge is 2.46. The van der Waals surface area contributed by atoms with E-state index in [2.05, 4.69) is 25.8 Å². The van der Waals surface area contributed by atoms with E-state index in [9.17, 15) is 9.59 Å². The minimum absolute atomic E-state index is 0.104. The molecule has 0 aromatic carbocycles. The SMILES string of the molecule is CC(C)(C)c1[nH]c(=O)cc2c1C1(CCN(C(=O)O)CC1)OC2. The summed E-state index contributed by atoms with van der Waals surface area (Å²) in [5.41, 5.74) is 2.16. The Morgan fingerprint density at radius 3 is 2.55 bits per heavy atom. The van der Waals surface area contributed by atoms with Crippen LogP contribution in [0.3, 0.4) is 0 Å². The maximum absolute atomic E-state index is 11.9. The Hall–Kier alpha value is -1.82.